The number of carbonyl (C=O) groups is 1. The number of halogens is 1. The summed E-state index contributed by atoms with van der Waals surface area (Å²) >= 11 is 0. The molecule has 8 nitrogen and oxygen atoms in total. The zero-order valence-electron chi connectivity index (χ0n) is 18.6. The van der Waals surface area contributed by atoms with Crippen molar-refractivity contribution in [2.24, 2.45) is 0 Å². The normalized spacial score (nSPS) is 19.2. The monoisotopic (exact) mass is 450 g/mol. The Bertz CT molecular complexity index is 1180. The first-order valence-corrected chi connectivity index (χ1v) is 11.2. The molecular weight excluding hydrogens is 423 g/mol. The lowest BCUT2D eigenvalue weighted by molar-refractivity contribution is 0.206. The molecule has 1 unspecified atom stereocenters. The van der Waals surface area contributed by atoms with Crippen molar-refractivity contribution in [1.82, 2.24) is 25.0 Å². The number of hydrogen-bond donors (Lipinski definition) is 2. The average Bonchev–Trinajstić information content (AvgIpc) is 3.51. The Morgan fingerprint density at radius 3 is 2.82 bits per heavy atom. The highest BCUT2D eigenvalue weighted by molar-refractivity contribution is 5.75. The highest BCUT2D eigenvalue weighted by atomic mass is 19.1. The zero-order valence-corrected chi connectivity index (χ0v) is 18.6. The summed E-state index contributed by atoms with van der Waals surface area (Å²) in [6, 6.07) is 10.1. The van der Waals surface area contributed by atoms with Gasteiger partial charge in [-0.3, -0.25) is 4.68 Å². The number of aromatic nitrogens is 3. The van der Waals surface area contributed by atoms with Crippen molar-refractivity contribution in [3.63, 3.8) is 0 Å². The van der Waals surface area contributed by atoms with Gasteiger partial charge in [-0.1, -0.05) is 12.1 Å². The van der Waals surface area contributed by atoms with E-state index in [1.54, 1.807) is 18.3 Å². The van der Waals surface area contributed by atoms with Gasteiger partial charge in [-0.15, -0.1) is 0 Å². The molecule has 4 heterocycles. The van der Waals surface area contributed by atoms with E-state index in [0.29, 0.717) is 18.8 Å². The van der Waals surface area contributed by atoms with E-state index in [0.717, 1.165) is 48.4 Å². The van der Waals surface area contributed by atoms with Crippen LogP contribution in [0.3, 0.4) is 0 Å². The predicted molar refractivity (Wildman–Crippen MR) is 122 cm³/mol. The van der Waals surface area contributed by atoms with Crippen molar-refractivity contribution >= 4 is 11.8 Å². The van der Waals surface area contributed by atoms with E-state index in [1.165, 1.54) is 12.1 Å². The fourth-order valence-electron chi connectivity index (χ4n) is 4.78. The molecule has 1 spiro atoms. The second kappa shape index (κ2) is 8.38. The maximum atomic E-state index is 13.1. The molecule has 1 aromatic carbocycles. The maximum Gasteiger partial charge on any atom is 0.317 e. The number of hydrogen-bond acceptors (Lipinski definition) is 5. The van der Waals surface area contributed by atoms with E-state index >= 15 is 0 Å². The molecule has 0 saturated carbocycles. The first kappa shape index (κ1) is 21.2. The molecule has 5 rings (SSSR count). The van der Waals surface area contributed by atoms with Gasteiger partial charge in [0.05, 0.1) is 5.69 Å². The number of nitrogen functional groups attached to an aromatic ring is 1. The molecule has 2 aliphatic rings. The van der Waals surface area contributed by atoms with Crippen molar-refractivity contribution < 1.29 is 13.9 Å². The first-order chi connectivity index (χ1) is 16.0. The predicted octanol–water partition coefficient (Wildman–Crippen LogP) is 3.32. The van der Waals surface area contributed by atoms with E-state index in [-0.39, 0.29) is 29.7 Å². The Labute approximate surface area is 191 Å². The number of amides is 2. The van der Waals surface area contributed by atoms with Crippen LogP contribution in [0.5, 0.6) is 5.75 Å². The first-order valence-electron chi connectivity index (χ1n) is 11.2. The molecule has 1 saturated heterocycles. The maximum absolute atomic E-state index is 13.1. The molecule has 2 aliphatic heterocycles. The number of nitrogens with two attached hydrogens (primary N) is 1. The number of benzene rings is 1. The smallest absolute Gasteiger partial charge is 0.317 e. The van der Waals surface area contributed by atoms with Crippen LogP contribution in [0.4, 0.5) is 15.0 Å². The SMILES string of the molecule is CCNC(=O)N1CCC2(CCn3nc(-c4cnc(N)c(OCc5ccc(F)cc5)c4)cc32)C1. The molecule has 33 heavy (non-hydrogen) atoms. The van der Waals surface area contributed by atoms with Gasteiger partial charge in [0.1, 0.15) is 12.4 Å². The Morgan fingerprint density at radius 2 is 2.03 bits per heavy atom. The highest BCUT2D eigenvalue weighted by Crippen LogP contribution is 2.44. The Morgan fingerprint density at radius 1 is 1.24 bits per heavy atom. The summed E-state index contributed by atoms with van der Waals surface area (Å²) in [5, 5.41) is 7.70. The average molecular weight is 451 g/mol. The summed E-state index contributed by atoms with van der Waals surface area (Å²) < 4.78 is 21.0. The minimum atomic E-state index is -0.288. The van der Waals surface area contributed by atoms with E-state index in [9.17, 15) is 9.18 Å². The number of anilines is 1. The molecule has 2 amide bonds. The van der Waals surface area contributed by atoms with Crippen molar-refractivity contribution in [3.8, 4) is 17.0 Å². The van der Waals surface area contributed by atoms with Gasteiger partial charge in [-0.25, -0.2) is 14.2 Å². The van der Waals surface area contributed by atoms with Crippen LogP contribution in [0.25, 0.3) is 11.3 Å². The van der Waals surface area contributed by atoms with Crippen LogP contribution in [-0.2, 0) is 18.6 Å². The molecule has 1 atom stereocenters. The number of ether oxygens (including phenoxy) is 1. The van der Waals surface area contributed by atoms with Crippen molar-refractivity contribution in [3.05, 3.63) is 59.7 Å². The lowest BCUT2D eigenvalue weighted by Gasteiger charge is -2.23. The minimum Gasteiger partial charge on any atom is -0.485 e. The number of nitrogens with zero attached hydrogens (tertiary/aromatic N) is 4. The number of urea groups is 1. The van der Waals surface area contributed by atoms with Crippen molar-refractivity contribution in [2.75, 3.05) is 25.4 Å². The number of rotatable bonds is 5. The summed E-state index contributed by atoms with van der Waals surface area (Å²) in [4.78, 5) is 18.5. The van der Waals surface area contributed by atoms with Gasteiger partial charge in [0.15, 0.2) is 11.6 Å². The number of nitrogens with one attached hydrogen (secondary N) is 1. The number of carbonyl (C=O) groups excluding carboxylic acids is 1. The molecule has 0 aliphatic carbocycles. The molecular formula is C24H27FN6O2. The van der Waals surface area contributed by atoms with Gasteiger partial charge >= 0.3 is 6.03 Å². The molecule has 9 heteroatoms. The summed E-state index contributed by atoms with van der Waals surface area (Å²) in [6.07, 6.45) is 3.61. The van der Waals surface area contributed by atoms with E-state index in [1.807, 2.05) is 22.6 Å². The lowest BCUT2D eigenvalue weighted by atomic mass is 9.82. The van der Waals surface area contributed by atoms with Gasteiger partial charge in [-0.05, 0) is 49.6 Å². The number of aryl methyl sites for hydroxylation is 1. The van der Waals surface area contributed by atoms with Crippen LogP contribution < -0.4 is 15.8 Å². The van der Waals surface area contributed by atoms with E-state index in [4.69, 9.17) is 15.6 Å². The van der Waals surface area contributed by atoms with Gasteiger partial charge in [0.25, 0.3) is 0 Å². The molecule has 0 bridgehead atoms. The Hall–Kier alpha value is -3.62. The van der Waals surface area contributed by atoms with Gasteiger partial charge in [-0.2, -0.15) is 5.10 Å². The van der Waals surface area contributed by atoms with Crippen molar-refractivity contribution in [1.29, 1.82) is 0 Å². The third kappa shape index (κ3) is 3.99. The third-order valence-electron chi connectivity index (χ3n) is 6.58. The van der Waals surface area contributed by atoms with Crippen LogP contribution in [0.2, 0.25) is 0 Å². The van der Waals surface area contributed by atoms with Crippen LogP contribution in [0.15, 0.2) is 42.6 Å². The molecule has 0 radical (unpaired) electrons. The number of fused-ring (bicyclic) bond motifs is 2. The third-order valence-corrected chi connectivity index (χ3v) is 6.58. The minimum absolute atomic E-state index is 0.00163. The lowest BCUT2D eigenvalue weighted by Crippen LogP contribution is -2.40. The topological polar surface area (TPSA) is 98.3 Å². The molecule has 3 N–H and O–H groups in total. The summed E-state index contributed by atoms with van der Waals surface area (Å²) in [5.41, 5.74) is 9.59. The molecule has 2 aromatic heterocycles. The Kier molecular flexibility index (Phi) is 5.39. The quantitative estimate of drug-likeness (QED) is 0.621. The van der Waals surface area contributed by atoms with Crippen LogP contribution in [0.1, 0.15) is 31.0 Å². The molecule has 172 valence electrons. The van der Waals surface area contributed by atoms with Crippen molar-refractivity contribution in [2.45, 2.75) is 38.3 Å². The Balaban J connectivity index is 1.35. The van der Waals surface area contributed by atoms with E-state index in [2.05, 4.69) is 16.4 Å². The summed E-state index contributed by atoms with van der Waals surface area (Å²) in [7, 11) is 0. The summed E-state index contributed by atoms with van der Waals surface area (Å²) in [5.74, 6) is 0.462. The second-order valence-corrected chi connectivity index (χ2v) is 8.70. The van der Waals surface area contributed by atoms with Crippen LogP contribution in [0, 0.1) is 5.82 Å². The standard InChI is InChI=1S/C24H27FN6O2/c1-2-27-23(32)30-9-7-24(15-30)8-10-31-21(24)12-19(29-31)17-11-20(22(26)28-13-17)33-14-16-3-5-18(25)6-4-16/h3-6,11-13H,2,7-10,14-15H2,1H3,(H2,26,28)(H,27,32). The van der Waals surface area contributed by atoms with Crippen LogP contribution in [-0.4, -0.2) is 45.3 Å². The van der Waals surface area contributed by atoms with Gasteiger partial charge in [0, 0.05) is 49.0 Å². The highest BCUT2D eigenvalue weighted by Gasteiger charge is 2.46. The fraction of sp³-hybridized carbons (Fsp3) is 0.375. The number of likely N-dealkylation sites (tertiary alicyclic amines) is 1. The molecule has 3 aromatic rings. The number of pyridine rings is 1. The van der Waals surface area contributed by atoms with Gasteiger partial charge in [0.2, 0.25) is 0 Å². The van der Waals surface area contributed by atoms with Crippen LogP contribution >= 0.6 is 0 Å². The second-order valence-electron chi connectivity index (χ2n) is 8.70. The van der Waals surface area contributed by atoms with E-state index < -0.39 is 0 Å². The zero-order chi connectivity index (χ0) is 23.0. The summed E-state index contributed by atoms with van der Waals surface area (Å²) in [6.45, 7) is 5.09. The van der Waals surface area contributed by atoms with Gasteiger partial charge < -0.3 is 20.7 Å². The largest absolute Gasteiger partial charge is 0.485 e. The molecule has 1 fully saturated rings. The fourth-order valence-corrected chi connectivity index (χ4v) is 4.78.